The highest BCUT2D eigenvalue weighted by Gasteiger charge is 2.15. The fraction of sp³-hybridized carbons (Fsp3) is 0.304. The van der Waals surface area contributed by atoms with Crippen LogP contribution in [-0.4, -0.2) is 30.6 Å². The van der Waals surface area contributed by atoms with Gasteiger partial charge in [0.05, 0.1) is 17.3 Å². The van der Waals surface area contributed by atoms with Gasteiger partial charge in [-0.2, -0.15) is 0 Å². The van der Waals surface area contributed by atoms with E-state index in [0.29, 0.717) is 31.1 Å². The van der Waals surface area contributed by atoms with Crippen LogP contribution in [0.25, 0.3) is 0 Å². The molecule has 0 saturated heterocycles. The number of carbonyl (C=O) groups is 1. The molecular weight excluding hydrogens is 387 g/mol. The molecule has 6 heteroatoms. The maximum absolute atomic E-state index is 13.0. The standard InChI is InChI=1S/C23H25FN2O2S/c1-17-22(29-21(26-17)16-19-8-10-20(24)11-9-19)23(27)25-13-5-14-28-15-12-18-6-3-2-4-7-18/h2-4,6-11H,5,12-16H2,1H3,(H,25,27). The second kappa shape index (κ2) is 10.8. The molecule has 0 aliphatic heterocycles. The first-order valence-electron chi connectivity index (χ1n) is 9.72. The van der Waals surface area contributed by atoms with Crippen LogP contribution < -0.4 is 5.32 Å². The molecule has 1 amide bonds. The van der Waals surface area contributed by atoms with Gasteiger partial charge in [0.2, 0.25) is 0 Å². The van der Waals surface area contributed by atoms with Crippen molar-refractivity contribution in [1.29, 1.82) is 0 Å². The molecule has 0 atom stereocenters. The molecule has 3 aromatic rings. The number of ether oxygens (including phenoxy) is 1. The summed E-state index contributed by atoms with van der Waals surface area (Å²) in [6.07, 6.45) is 2.25. The predicted molar refractivity (Wildman–Crippen MR) is 114 cm³/mol. The minimum absolute atomic E-state index is 0.102. The molecule has 3 rings (SSSR count). The topological polar surface area (TPSA) is 51.2 Å². The smallest absolute Gasteiger partial charge is 0.263 e. The Bertz CT molecular complexity index is 910. The third-order valence-electron chi connectivity index (χ3n) is 4.44. The number of aromatic nitrogens is 1. The molecule has 0 aliphatic rings. The van der Waals surface area contributed by atoms with Gasteiger partial charge < -0.3 is 10.1 Å². The van der Waals surface area contributed by atoms with Crippen LogP contribution in [-0.2, 0) is 17.6 Å². The molecule has 0 saturated carbocycles. The Balaban J connectivity index is 1.37. The summed E-state index contributed by atoms with van der Waals surface area (Å²) in [5.74, 6) is -0.358. The summed E-state index contributed by atoms with van der Waals surface area (Å²) in [5, 5.41) is 3.79. The van der Waals surface area contributed by atoms with Crippen molar-refractivity contribution in [2.75, 3.05) is 19.8 Å². The van der Waals surface area contributed by atoms with Crippen molar-refractivity contribution < 1.29 is 13.9 Å². The van der Waals surface area contributed by atoms with Crippen LogP contribution in [0.5, 0.6) is 0 Å². The molecule has 4 nitrogen and oxygen atoms in total. The van der Waals surface area contributed by atoms with Crippen molar-refractivity contribution in [3.63, 3.8) is 0 Å². The zero-order valence-corrected chi connectivity index (χ0v) is 17.3. The fourth-order valence-corrected chi connectivity index (χ4v) is 3.92. The van der Waals surface area contributed by atoms with E-state index in [1.165, 1.54) is 29.0 Å². The van der Waals surface area contributed by atoms with E-state index in [9.17, 15) is 9.18 Å². The van der Waals surface area contributed by atoms with E-state index in [1.54, 1.807) is 12.1 Å². The van der Waals surface area contributed by atoms with Gasteiger partial charge in [0.1, 0.15) is 10.7 Å². The van der Waals surface area contributed by atoms with Crippen molar-refractivity contribution in [1.82, 2.24) is 10.3 Å². The minimum Gasteiger partial charge on any atom is -0.381 e. The molecule has 1 N–H and O–H groups in total. The molecule has 0 radical (unpaired) electrons. The van der Waals surface area contributed by atoms with Crippen LogP contribution in [0, 0.1) is 12.7 Å². The Labute approximate surface area is 174 Å². The number of halogens is 1. The summed E-state index contributed by atoms with van der Waals surface area (Å²) in [5.41, 5.74) is 2.96. The molecule has 2 aromatic carbocycles. The molecule has 0 fully saturated rings. The number of hydrogen-bond donors (Lipinski definition) is 1. The maximum Gasteiger partial charge on any atom is 0.263 e. The number of thiazole rings is 1. The summed E-state index contributed by atoms with van der Waals surface area (Å²) < 4.78 is 18.7. The molecule has 0 spiro atoms. The van der Waals surface area contributed by atoms with Gasteiger partial charge in [0.15, 0.2) is 0 Å². The quantitative estimate of drug-likeness (QED) is 0.497. The number of hydrogen-bond acceptors (Lipinski definition) is 4. The Hall–Kier alpha value is -2.57. The highest BCUT2D eigenvalue weighted by Crippen LogP contribution is 2.21. The van der Waals surface area contributed by atoms with Gasteiger partial charge in [0.25, 0.3) is 5.91 Å². The summed E-state index contributed by atoms with van der Waals surface area (Å²) in [6, 6.07) is 16.6. The second-order valence-corrected chi connectivity index (χ2v) is 7.87. The Morgan fingerprint density at radius 3 is 2.59 bits per heavy atom. The average Bonchev–Trinajstić information content (AvgIpc) is 3.10. The zero-order chi connectivity index (χ0) is 20.5. The second-order valence-electron chi connectivity index (χ2n) is 6.78. The van der Waals surface area contributed by atoms with Crippen LogP contribution in [0.4, 0.5) is 4.39 Å². The molecular formula is C23H25FN2O2S. The van der Waals surface area contributed by atoms with Gasteiger partial charge in [-0.15, -0.1) is 11.3 Å². The van der Waals surface area contributed by atoms with Crippen molar-refractivity contribution in [3.05, 3.63) is 87.1 Å². The van der Waals surface area contributed by atoms with Crippen LogP contribution in [0.15, 0.2) is 54.6 Å². The highest BCUT2D eigenvalue weighted by atomic mass is 32.1. The molecule has 0 unspecified atom stereocenters. The Kier molecular flexibility index (Phi) is 7.90. The average molecular weight is 413 g/mol. The minimum atomic E-state index is -0.256. The molecule has 0 aliphatic carbocycles. The van der Waals surface area contributed by atoms with Crippen molar-refractivity contribution in [2.45, 2.75) is 26.2 Å². The van der Waals surface area contributed by atoms with E-state index in [4.69, 9.17) is 4.74 Å². The lowest BCUT2D eigenvalue weighted by molar-refractivity contribution is 0.0945. The van der Waals surface area contributed by atoms with E-state index in [-0.39, 0.29) is 11.7 Å². The van der Waals surface area contributed by atoms with Gasteiger partial charge in [-0.3, -0.25) is 4.79 Å². The summed E-state index contributed by atoms with van der Waals surface area (Å²) in [6.45, 7) is 3.70. The third-order valence-corrected chi connectivity index (χ3v) is 5.60. The number of benzene rings is 2. The van der Waals surface area contributed by atoms with Gasteiger partial charge in [-0.25, -0.2) is 9.37 Å². The van der Waals surface area contributed by atoms with E-state index < -0.39 is 0 Å². The van der Waals surface area contributed by atoms with E-state index in [1.807, 2.05) is 25.1 Å². The number of nitrogens with zero attached hydrogens (tertiary/aromatic N) is 1. The van der Waals surface area contributed by atoms with Crippen LogP contribution in [0.1, 0.15) is 37.9 Å². The van der Waals surface area contributed by atoms with Crippen LogP contribution in [0.3, 0.4) is 0 Å². The summed E-state index contributed by atoms with van der Waals surface area (Å²) >= 11 is 1.39. The van der Waals surface area contributed by atoms with Crippen molar-refractivity contribution in [3.8, 4) is 0 Å². The summed E-state index contributed by atoms with van der Waals surface area (Å²) in [7, 11) is 0. The predicted octanol–water partition coefficient (Wildman–Crippen LogP) is 4.56. The normalized spacial score (nSPS) is 10.8. The molecule has 152 valence electrons. The fourth-order valence-electron chi connectivity index (χ4n) is 2.91. The number of amides is 1. The highest BCUT2D eigenvalue weighted by molar-refractivity contribution is 7.13. The number of aryl methyl sites for hydroxylation is 1. The lowest BCUT2D eigenvalue weighted by atomic mass is 10.1. The SMILES string of the molecule is Cc1nc(Cc2ccc(F)cc2)sc1C(=O)NCCCOCCc1ccccc1. The summed E-state index contributed by atoms with van der Waals surface area (Å²) in [4.78, 5) is 17.5. The lowest BCUT2D eigenvalue weighted by Gasteiger charge is -2.06. The van der Waals surface area contributed by atoms with Crippen molar-refractivity contribution in [2.24, 2.45) is 0 Å². The maximum atomic E-state index is 13.0. The van der Waals surface area contributed by atoms with E-state index in [2.05, 4.69) is 22.4 Å². The molecule has 0 bridgehead atoms. The third kappa shape index (κ3) is 6.76. The van der Waals surface area contributed by atoms with E-state index >= 15 is 0 Å². The largest absolute Gasteiger partial charge is 0.381 e. The van der Waals surface area contributed by atoms with Gasteiger partial charge in [0, 0.05) is 19.6 Å². The molecule has 29 heavy (non-hydrogen) atoms. The Morgan fingerprint density at radius 2 is 1.83 bits per heavy atom. The van der Waals surface area contributed by atoms with E-state index in [0.717, 1.165) is 29.1 Å². The van der Waals surface area contributed by atoms with Crippen molar-refractivity contribution >= 4 is 17.2 Å². The first kappa shape index (κ1) is 21.1. The zero-order valence-electron chi connectivity index (χ0n) is 16.5. The first-order chi connectivity index (χ1) is 14.1. The van der Waals surface area contributed by atoms with Crippen LogP contribution >= 0.6 is 11.3 Å². The van der Waals surface area contributed by atoms with Gasteiger partial charge in [-0.1, -0.05) is 42.5 Å². The molecule has 1 aromatic heterocycles. The monoisotopic (exact) mass is 412 g/mol. The Morgan fingerprint density at radius 1 is 1.07 bits per heavy atom. The van der Waals surface area contributed by atoms with Crippen LogP contribution in [0.2, 0.25) is 0 Å². The number of carbonyl (C=O) groups excluding carboxylic acids is 1. The number of nitrogens with one attached hydrogen (secondary N) is 1. The van der Waals surface area contributed by atoms with Gasteiger partial charge >= 0.3 is 0 Å². The number of rotatable bonds is 10. The first-order valence-corrected chi connectivity index (χ1v) is 10.5. The lowest BCUT2D eigenvalue weighted by Crippen LogP contribution is -2.25. The van der Waals surface area contributed by atoms with Gasteiger partial charge in [-0.05, 0) is 43.0 Å². The molecule has 1 heterocycles.